The van der Waals surface area contributed by atoms with Gasteiger partial charge in [-0.05, 0) is 0 Å². The second kappa shape index (κ2) is 5.05. The molecule has 0 aliphatic carbocycles. The topological polar surface area (TPSA) is 65.2 Å². The van der Waals surface area contributed by atoms with Gasteiger partial charge >= 0.3 is 0 Å². The smallest absolute Gasteiger partial charge is 0.107 e. The summed E-state index contributed by atoms with van der Waals surface area (Å²) in [6.45, 7) is 0.657. The minimum absolute atomic E-state index is 0.328. The minimum Gasteiger partial charge on any atom is -0.470 e. The second-order valence-corrected chi connectivity index (χ2v) is 2.21. The first kappa shape index (κ1) is 9.41. The van der Waals surface area contributed by atoms with Crippen LogP contribution in [0, 0.1) is 23.7 Å². The Hall–Kier alpha value is -1.68. The Kier molecular flexibility index (Phi) is 3.66. The van der Waals surface area contributed by atoms with E-state index in [1.807, 2.05) is 0 Å². The quantitative estimate of drug-likeness (QED) is 0.540. The van der Waals surface area contributed by atoms with E-state index in [-0.39, 0.29) is 0 Å². The van der Waals surface area contributed by atoms with Gasteiger partial charge in [0.25, 0.3) is 0 Å². The molecule has 4 N–H and O–H groups in total. The lowest BCUT2D eigenvalue weighted by Crippen LogP contribution is -1.94. The third-order valence-electron chi connectivity index (χ3n) is 1.31. The van der Waals surface area contributed by atoms with Crippen LogP contribution in [0.1, 0.15) is 11.1 Å². The predicted octanol–water partition coefficient (Wildman–Crippen LogP) is -0.100. The van der Waals surface area contributed by atoms with Crippen molar-refractivity contribution >= 4 is 0 Å². The summed E-state index contributed by atoms with van der Waals surface area (Å²) >= 11 is 0. The van der Waals surface area contributed by atoms with Gasteiger partial charge in [-0.15, -0.1) is 0 Å². The van der Waals surface area contributed by atoms with Gasteiger partial charge in [-0.3, -0.25) is 0 Å². The van der Waals surface area contributed by atoms with Crippen LogP contribution in [0.2, 0.25) is 0 Å². The van der Waals surface area contributed by atoms with E-state index in [1.165, 1.54) is 0 Å². The van der Waals surface area contributed by atoms with E-state index in [1.54, 1.807) is 12.5 Å². The van der Waals surface area contributed by atoms with E-state index >= 15 is 0 Å². The summed E-state index contributed by atoms with van der Waals surface area (Å²) in [5, 5.41) is 0. The SMILES string of the molecule is NCC#Cc1cocc1C#CCN. The predicted molar refractivity (Wildman–Crippen MR) is 50.6 cm³/mol. The van der Waals surface area contributed by atoms with Gasteiger partial charge in [-0.2, -0.15) is 0 Å². The number of hydrogen-bond donors (Lipinski definition) is 2. The van der Waals surface area contributed by atoms with Crippen LogP contribution in [-0.2, 0) is 0 Å². The van der Waals surface area contributed by atoms with Crippen molar-refractivity contribution in [2.24, 2.45) is 11.5 Å². The van der Waals surface area contributed by atoms with Gasteiger partial charge in [0.15, 0.2) is 0 Å². The Bertz CT molecular complexity index is 348. The van der Waals surface area contributed by atoms with Crippen molar-refractivity contribution in [3.63, 3.8) is 0 Å². The third kappa shape index (κ3) is 2.68. The third-order valence-corrected chi connectivity index (χ3v) is 1.31. The molecule has 13 heavy (non-hydrogen) atoms. The normalized spacial score (nSPS) is 8.15. The number of rotatable bonds is 0. The van der Waals surface area contributed by atoms with E-state index in [4.69, 9.17) is 15.9 Å². The highest BCUT2D eigenvalue weighted by Gasteiger charge is 1.97. The average molecular weight is 174 g/mol. The second-order valence-electron chi connectivity index (χ2n) is 2.21. The zero-order valence-electron chi connectivity index (χ0n) is 7.13. The van der Waals surface area contributed by atoms with Crippen molar-refractivity contribution in [1.82, 2.24) is 0 Å². The molecule has 0 amide bonds. The monoisotopic (exact) mass is 174 g/mol. The van der Waals surface area contributed by atoms with Crippen molar-refractivity contribution < 1.29 is 4.42 Å². The molecule has 0 saturated carbocycles. The molecular formula is C10H10N2O. The van der Waals surface area contributed by atoms with Crippen molar-refractivity contribution in [3.05, 3.63) is 23.7 Å². The summed E-state index contributed by atoms with van der Waals surface area (Å²) in [4.78, 5) is 0. The lowest BCUT2D eigenvalue weighted by molar-refractivity contribution is 0.566. The van der Waals surface area contributed by atoms with Gasteiger partial charge in [0, 0.05) is 0 Å². The lowest BCUT2D eigenvalue weighted by atomic mass is 10.2. The molecule has 0 aliphatic heterocycles. The fourth-order valence-corrected chi connectivity index (χ4v) is 0.783. The fraction of sp³-hybridized carbons (Fsp3) is 0.200. The molecule has 1 heterocycles. The van der Waals surface area contributed by atoms with Gasteiger partial charge in [0.1, 0.15) is 12.5 Å². The Morgan fingerprint density at radius 2 is 1.46 bits per heavy atom. The molecule has 0 atom stereocenters. The van der Waals surface area contributed by atoms with Crippen LogP contribution < -0.4 is 11.5 Å². The molecule has 66 valence electrons. The molecule has 3 nitrogen and oxygen atoms in total. The van der Waals surface area contributed by atoms with Crippen molar-refractivity contribution in [3.8, 4) is 23.7 Å². The molecule has 0 spiro atoms. The minimum atomic E-state index is 0.328. The summed E-state index contributed by atoms with van der Waals surface area (Å²) in [6, 6.07) is 0. The first-order valence-electron chi connectivity index (χ1n) is 3.82. The summed E-state index contributed by atoms with van der Waals surface area (Å²) in [5.74, 6) is 11.2. The zero-order chi connectivity index (χ0) is 9.52. The molecule has 0 aliphatic rings. The zero-order valence-corrected chi connectivity index (χ0v) is 7.13. The molecule has 1 aromatic heterocycles. The van der Waals surface area contributed by atoms with Crippen LogP contribution in [-0.4, -0.2) is 13.1 Å². The van der Waals surface area contributed by atoms with Gasteiger partial charge < -0.3 is 15.9 Å². The van der Waals surface area contributed by atoms with Gasteiger partial charge in [-0.25, -0.2) is 0 Å². The number of furan rings is 1. The van der Waals surface area contributed by atoms with Crippen LogP contribution in [0.3, 0.4) is 0 Å². The lowest BCUT2D eigenvalue weighted by Gasteiger charge is -1.81. The van der Waals surface area contributed by atoms with Crippen molar-refractivity contribution in [2.75, 3.05) is 13.1 Å². The molecule has 0 aromatic carbocycles. The van der Waals surface area contributed by atoms with E-state index in [0.717, 1.165) is 11.1 Å². The maximum Gasteiger partial charge on any atom is 0.107 e. The summed E-state index contributed by atoms with van der Waals surface area (Å²) in [7, 11) is 0. The Morgan fingerprint density at radius 3 is 1.85 bits per heavy atom. The summed E-state index contributed by atoms with van der Waals surface area (Å²) in [5.41, 5.74) is 12.0. The molecule has 1 aromatic rings. The maximum absolute atomic E-state index is 5.24. The molecule has 0 bridgehead atoms. The first-order valence-corrected chi connectivity index (χ1v) is 3.82. The van der Waals surface area contributed by atoms with E-state index in [0.29, 0.717) is 13.1 Å². The first-order chi connectivity index (χ1) is 6.38. The van der Waals surface area contributed by atoms with Crippen molar-refractivity contribution in [2.45, 2.75) is 0 Å². The maximum atomic E-state index is 5.24. The van der Waals surface area contributed by atoms with Crippen LogP contribution >= 0.6 is 0 Å². The van der Waals surface area contributed by atoms with Crippen LogP contribution in [0.25, 0.3) is 0 Å². The number of nitrogens with two attached hydrogens (primary N) is 2. The Balaban J connectivity index is 2.89. The fourth-order valence-electron chi connectivity index (χ4n) is 0.783. The molecule has 0 fully saturated rings. The van der Waals surface area contributed by atoms with E-state index in [2.05, 4.69) is 23.7 Å². The molecule has 3 heteroatoms. The Morgan fingerprint density at radius 1 is 1.00 bits per heavy atom. The van der Waals surface area contributed by atoms with Gasteiger partial charge in [0.2, 0.25) is 0 Å². The highest BCUT2D eigenvalue weighted by atomic mass is 16.3. The van der Waals surface area contributed by atoms with Gasteiger partial charge in [-0.1, -0.05) is 23.7 Å². The summed E-state index contributed by atoms with van der Waals surface area (Å²) in [6.07, 6.45) is 3.09. The van der Waals surface area contributed by atoms with Crippen LogP contribution in [0.15, 0.2) is 16.9 Å². The largest absolute Gasteiger partial charge is 0.470 e. The number of hydrogen-bond acceptors (Lipinski definition) is 3. The Labute approximate surface area is 77.1 Å². The molecule has 0 saturated heterocycles. The van der Waals surface area contributed by atoms with Crippen LogP contribution in [0.5, 0.6) is 0 Å². The summed E-state index contributed by atoms with van der Waals surface area (Å²) < 4.78 is 4.95. The standard InChI is InChI=1S/C10H10N2O/c11-5-1-3-9-7-13-8-10(9)4-2-6-12/h7-8H,5-6,11-12H2. The molecular weight excluding hydrogens is 164 g/mol. The molecule has 0 unspecified atom stereocenters. The van der Waals surface area contributed by atoms with Crippen LogP contribution in [0.4, 0.5) is 0 Å². The highest BCUT2D eigenvalue weighted by Crippen LogP contribution is 2.06. The van der Waals surface area contributed by atoms with E-state index < -0.39 is 0 Å². The van der Waals surface area contributed by atoms with E-state index in [9.17, 15) is 0 Å². The molecule has 1 rings (SSSR count). The average Bonchev–Trinajstić information content (AvgIpc) is 2.59. The molecule has 0 radical (unpaired) electrons. The highest BCUT2D eigenvalue weighted by molar-refractivity contribution is 5.47. The van der Waals surface area contributed by atoms with Crippen molar-refractivity contribution in [1.29, 1.82) is 0 Å². The van der Waals surface area contributed by atoms with Gasteiger partial charge in [0.05, 0.1) is 24.2 Å².